The first-order valence-electron chi connectivity index (χ1n) is 9.79. The first-order chi connectivity index (χ1) is 16.1. The van der Waals surface area contributed by atoms with Gasteiger partial charge in [-0.15, -0.1) is 0 Å². The van der Waals surface area contributed by atoms with E-state index in [2.05, 4.69) is 25.9 Å². The van der Waals surface area contributed by atoms with Gasteiger partial charge in [0.25, 0.3) is 0 Å². The average molecular weight is 524 g/mol. The van der Waals surface area contributed by atoms with Gasteiger partial charge in [0.15, 0.2) is 11.6 Å². The van der Waals surface area contributed by atoms with Gasteiger partial charge < -0.3 is 25.3 Å². The molecule has 12 heteroatoms. The van der Waals surface area contributed by atoms with Crippen molar-refractivity contribution in [3.8, 4) is 5.75 Å². The molecule has 3 aromatic rings. The Hall–Kier alpha value is -3.13. The van der Waals surface area contributed by atoms with Crippen LogP contribution in [0.2, 0.25) is 5.02 Å². The molecule has 1 amide bonds. The molecule has 8 nitrogen and oxygen atoms in total. The maximum atomic E-state index is 14.4. The van der Waals surface area contributed by atoms with Crippen LogP contribution in [0.5, 0.6) is 5.75 Å². The molecule has 0 bridgehead atoms. The van der Waals surface area contributed by atoms with Gasteiger partial charge in [-0.05, 0) is 31.5 Å². The summed E-state index contributed by atoms with van der Waals surface area (Å²) in [6.07, 6.45) is 2.42. The van der Waals surface area contributed by atoms with Gasteiger partial charge in [0, 0.05) is 23.0 Å². The summed E-state index contributed by atoms with van der Waals surface area (Å²) in [6.45, 7) is 3.34. The van der Waals surface area contributed by atoms with Crippen molar-refractivity contribution in [3.63, 3.8) is 0 Å². The van der Waals surface area contributed by atoms with Crippen LogP contribution in [-0.4, -0.2) is 36.3 Å². The van der Waals surface area contributed by atoms with E-state index in [4.69, 9.17) is 27.9 Å². The average Bonchev–Trinajstić information content (AvgIpc) is 2.78. The Labute approximate surface area is 205 Å². The van der Waals surface area contributed by atoms with Crippen LogP contribution in [0.1, 0.15) is 0 Å². The zero-order valence-corrected chi connectivity index (χ0v) is 20.8. The van der Waals surface area contributed by atoms with Crippen molar-refractivity contribution in [2.75, 3.05) is 36.4 Å². The number of carbonyl (C=O) groups is 1. The van der Waals surface area contributed by atoms with Crippen molar-refractivity contribution in [2.45, 2.75) is 0 Å². The fourth-order valence-electron chi connectivity index (χ4n) is 2.96. The molecule has 2 aromatic carbocycles. The summed E-state index contributed by atoms with van der Waals surface area (Å²) in [5, 5.41) is 9.29. The topological polar surface area (TPSA) is 105 Å². The highest BCUT2D eigenvalue weighted by molar-refractivity contribution is 7.70. The third-order valence-corrected chi connectivity index (χ3v) is 6.44. The molecular formula is C22H21Cl2FN5O3P. The van der Waals surface area contributed by atoms with Gasteiger partial charge in [0.2, 0.25) is 11.9 Å². The Morgan fingerprint density at radius 1 is 1.15 bits per heavy atom. The minimum Gasteiger partial charge on any atom is -0.494 e. The van der Waals surface area contributed by atoms with Crippen LogP contribution in [0.25, 0.3) is 0 Å². The number of anilines is 5. The number of carbonyl (C=O) groups excluding carboxylic acids is 1. The minimum atomic E-state index is -2.58. The van der Waals surface area contributed by atoms with Crippen molar-refractivity contribution >= 4 is 70.4 Å². The number of ether oxygens (including phenoxy) is 1. The molecular weight excluding hydrogens is 503 g/mol. The fourth-order valence-corrected chi connectivity index (χ4v) is 4.37. The molecule has 178 valence electrons. The van der Waals surface area contributed by atoms with E-state index < -0.39 is 18.9 Å². The van der Waals surface area contributed by atoms with Crippen molar-refractivity contribution < 1.29 is 18.5 Å². The lowest BCUT2D eigenvalue weighted by Crippen LogP contribution is -2.11. The molecule has 3 N–H and O–H groups in total. The summed E-state index contributed by atoms with van der Waals surface area (Å²) in [4.78, 5) is 20.3. The normalized spacial score (nSPS) is 11.4. The lowest BCUT2D eigenvalue weighted by atomic mass is 10.2. The third kappa shape index (κ3) is 6.26. The highest BCUT2D eigenvalue weighted by Crippen LogP contribution is 2.39. The molecule has 0 aliphatic heterocycles. The van der Waals surface area contributed by atoms with E-state index in [0.717, 1.165) is 17.7 Å². The Kier molecular flexibility index (Phi) is 8.15. The first-order valence-corrected chi connectivity index (χ1v) is 13.2. The van der Waals surface area contributed by atoms with Crippen molar-refractivity contribution in [1.29, 1.82) is 0 Å². The molecule has 1 heterocycles. The van der Waals surface area contributed by atoms with Gasteiger partial charge >= 0.3 is 0 Å². The molecule has 0 aliphatic rings. The van der Waals surface area contributed by atoms with Gasteiger partial charge in [-0.1, -0.05) is 35.3 Å². The Morgan fingerprint density at radius 2 is 1.88 bits per heavy atom. The summed E-state index contributed by atoms with van der Waals surface area (Å²) in [5.41, 5.74) is 1.79. The summed E-state index contributed by atoms with van der Waals surface area (Å²) >= 11 is 11.7. The van der Waals surface area contributed by atoms with E-state index in [1.54, 1.807) is 37.6 Å². The second kappa shape index (κ2) is 10.9. The largest absolute Gasteiger partial charge is 0.494 e. The van der Waals surface area contributed by atoms with E-state index in [1.165, 1.54) is 19.4 Å². The number of para-hydroxylation sites is 1. The van der Waals surface area contributed by atoms with E-state index >= 15 is 0 Å². The lowest BCUT2D eigenvalue weighted by molar-refractivity contribution is -0.111. The summed E-state index contributed by atoms with van der Waals surface area (Å²) < 4.78 is 32.3. The first kappa shape index (κ1) is 25.5. The number of nitrogens with one attached hydrogen (secondary N) is 3. The van der Waals surface area contributed by atoms with E-state index in [9.17, 15) is 13.8 Å². The molecule has 0 fully saturated rings. The van der Waals surface area contributed by atoms with Crippen molar-refractivity contribution in [1.82, 2.24) is 9.97 Å². The smallest absolute Gasteiger partial charge is 0.249 e. The van der Waals surface area contributed by atoms with Crippen LogP contribution in [0.4, 0.5) is 33.2 Å². The van der Waals surface area contributed by atoms with Crippen molar-refractivity contribution in [2.24, 2.45) is 0 Å². The van der Waals surface area contributed by atoms with E-state index in [1.807, 2.05) is 0 Å². The molecule has 1 aromatic heterocycles. The number of amides is 1. The fraction of sp³-hybridized carbons (Fsp3) is 0.136. The number of nitrogens with zero attached hydrogens (tertiary/aromatic N) is 2. The quantitative estimate of drug-likeness (QED) is 0.256. The summed E-state index contributed by atoms with van der Waals surface area (Å²) in [6, 6.07) is 9.58. The van der Waals surface area contributed by atoms with Crippen molar-refractivity contribution in [3.05, 3.63) is 65.0 Å². The molecule has 0 saturated heterocycles. The standard InChI is InChI=1S/C22H21Cl2FN5O3P/c1-33-18-10-14(25)16(27-20(31)8-9-23)11-17(18)29-22-26-12-13(24)21(30-22)28-15-6-4-5-7-19(15)34(2,3)32/h4-12H,1-3H3,(H,27,31)(H2,26,28,29,30)/b9-8+. The van der Waals surface area contributed by atoms with Crippen LogP contribution < -0.4 is 26.0 Å². The predicted octanol–water partition coefficient (Wildman–Crippen LogP) is 5.70. The highest BCUT2D eigenvalue weighted by atomic mass is 35.5. The maximum Gasteiger partial charge on any atom is 0.249 e. The van der Waals surface area contributed by atoms with Gasteiger partial charge in [-0.2, -0.15) is 4.98 Å². The molecule has 0 unspecified atom stereocenters. The summed E-state index contributed by atoms with van der Waals surface area (Å²) in [7, 11) is -1.21. The van der Waals surface area contributed by atoms with Gasteiger partial charge in [-0.25, -0.2) is 9.37 Å². The van der Waals surface area contributed by atoms with Gasteiger partial charge in [0.1, 0.15) is 17.9 Å². The van der Waals surface area contributed by atoms with Crippen LogP contribution >= 0.6 is 30.3 Å². The number of methoxy groups -OCH3 is 1. The Morgan fingerprint density at radius 3 is 2.56 bits per heavy atom. The Balaban J connectivity index is 1.94. The SMILES string of the molecule is COc1cc(F)c(NC(=O)/C=C/Cl)cc1Nc1ncc(Cl)c(Nc2ccccc2P(C)(C)=O)n1. The number of halogens is 3. The molecule has 0 aliphatic carbocycles. The second-order valence-corrected chi connectivity index (χ2v) is 11.2. The van der Waals surface area contributed by atoms with Crippen LogP contribution in [-0.2, 0) is 9.36 Å². The number of aromatic nitrogens is 2. The third-order valence-electron chi connectivity index (χ3n) is 4.49. The van der Waals surface area contributed by atoms with Crippen LogP contribution in [0.3, 0.4) is 0 Å². The Bertz CT molecular complexity index is 1300. The van der Waals surface area contributed by atoms with Gasteiger partial charge in [0.05, 0.1) is 30.4 Å². The molecule has 0 atom stereocenters. The summed E-state index contributed by atoms with van der Waals surface area (Å²) in [5.74, 6) is -0.787. The molecule has 0 saturated carbocycles. The van der Waals surface area contributed by atoms with Crippen LogP contribution in [0, 0.1) is 5.82 Å². The monoisotopic (exact) mass is 523 g/mol. The zero-order valence-electron chi connectivity index (χ0n) is 18.4. The van der Waals surface area contributed by atoms with Gasteiger partial charge in [-0.3, -0.25) is 4.79 Å². The number of benzene rings is 2. The van der Waals surface area contributed by atoms with E-state index in [0.29, 0.717) is 11.0 Å². The molecule has 0 spiro atoms. The second-order valence-electron chi connectivity index (χ2n) is 7.32. The molecule has 3 rings (SSSR count). The maximum absolute atomic E-state index is 14.4. The number of hydrogen-bond acceptors (Lipinski definition) is 7. The lowest BCUT2D eigenvalue weighted by Gasteiger charge is -2.16. The van der Waals surface area contributed by atoms with Crippen LogP contribution in [0.15, 0.2) is 54.2 Å². The number of hydrogen-bond donors (Lipinski definition) is 3. The zero-order chi connectivity index (χ0) is 24.9. The minimum absolute atomic E-state index is 0.106. The molecule has 0 radical (unpaired) electrons. The molecule has 34 heavy (non-hydrogen) atoms. The van der Waals surface area contributed by atoms with E-state index in [-0.39, 0.29) is 33.9 Å². The highest BCUT2D eigenvalue weighted by Gasteiger charge is 2.18. The predicted molar refractivity (Wildman–Crippen MR) is 136 cm³/mol. The number of rotatable bonds is 8.